The molecule has 1 rings (SSSR count). The van der Waals surface area contributed by atoms with Crippen molar-refractivity contribution in [1.29, 1.82) is 5.26 Å². The topological polar surface area (TPSA) is 114 Å². The van der Waals surface area contributed by atoms with Crippen molar-refractivity contribution in [2.24, 2.45) is 0 Å². The monoisotopic (exact) mass is 302 g/mol. The van der Waals surface area contributed by atoms with Crippen LogP contribution in [0.3, 0.4) is 0 Å². The number of phenols is 1. The van der Waals surface area contributed by atoms with Gasteiger partial charge in [0, 0.05) is 25.0 Å². The molecule has 0 unspecified atom stereocenters. The van der Waals surface area contributed by atoms with Crippen LogP contribution in [0.2, 0.25) is 0 Å². The Morgan fingerprint density at radius 3 is 2.73 bits per heavy atom. The zero-order chi connectivity index (χ0) is 16.4. The minimum atomic E-state index is -0.533. The minimum Gasteiger partial charge on any atom is -0.508 e. The van der Waals surface area contributed by atoms with Crippen molar-refractivity contribution in [2.45, 2.75) is 13.3 Å². The average molecular weight is 302 g/mol. The molecule has 0 fully saturated rings. The van der Waals surface area contributed by atoms with E-state index in [4.69, 9.17) is 5.26 Å². The summed E-state index contributed by atoms with van der Waals surface area (Å²) >= 11 is 0. The number of nitrogens with one attached hydrogen (secondary N) is 3. The summed E-state index contributed by atoms with van der Waals surface area (Å²) in [6.07, 6.45) is 2.63. The third-order valence-electron chi connectivity index (χ3n) is 2.80. The standard InChI is InChI=1S/C15H18N4O3/c1-11-7-13(21)3-4-14(11)19-15(22)12(8-16)9-17-5-2-6-18-10-20/h3-4,7,9-10,17,21H,2,5-6H2,1H3,(H,18,20)(H,19,22)/b12-9-. The molecule has 0 atom stereocenters. The number of carbonyl (C=O) groups excluding carboxylic acids is 2. The molecule has 0 radical (unpaired) electrons. The number of nitriles is 1. The Labute approximate surface area is 128 Å². The molecular formula is C15H18N4O3. The van der Waals surface area contributed by atoms with E-state index in [1.54, 1.807) is 13.0 Å². The highest BCUT2D eigenvalue weighted by Gasteiger charge is 2.10. The lowest BCUT2D eigenvalue weighted by Gasteiger charge is -2.08. The van der Waals surface area contributed by atoms with Crippen LogP contribution < -0.4 is 16.0 Å². The summed E-state index contributed by atoms with van der Waals surface area (Å²) in [6, 6.07) is 6.36. The van der Waals surface area contributed by atoms with Gasteiger partial charge in [-0.2, -0.15) is 5.26 Å². The second-order valence-electron chi connectivity index (χ2n) is 4.50. The number of amides is 2. The summed E-state index contributed by atoms with van der Waals surface area (Å²) in [5, 5.41) is 26.3. The third-order valence-corrected chi connectivity index (χ3v) is 2.80. The van der Waals surface area contributed by atoms with Gasteiger partial charge < -0.3 is 21.1 Å². The van der Waals surface area contributed by atoms with Crippen molar-refractivity contribution in [3.8, 4) is 11.8 Å². The molecule has 0 aliphatic carbocycles. The van der Waals surface area contributed by atoms with E-state index < -0.39 is 5.91 Å². The van der Waals surface area contributed by atoms with E-state index in [0.29, 0.717) is 37.2 Å². The predicted octanol–water partition coefficient (Wildman–Crippen LogP) is 0.772. The Kier molecular flexibility index (Phi) is 6.99. The zero-order valence-corrected chi connectivity index (χ0v) is 12.2. The second kappa shape index (κ2) is 9.02. The smallest absolute Gasteiger partial charge is 0.267 e. The van der Waals surface area contributed by atoms with Crippen molar-refractivity contribution in [1.82, 2.24) is 10.6 Å². The summed E-state index contributed by atoms with van der Waals surface area (Å²) in [5.41, 5.74) is 1.16. The number of benzene rings is 1. The molecule has 0 aliphatic heterocycles. The highest BCUT2D eigenvalue weighted by Crippen LogP contribution is 2.20. The molecule has 7 heteroatoms. The largest absolute Gasteiger partial charge is 0.508 e. The van der Waals surface area contributed by atoms with Gasteiger partial charge in [0.2, 0.25) is 6.41 Å². The van der Waals surface area contributed by atoms with Crippen LogP contribution in [0.5, 0.6) is 5.75 Å². The summed E-state index contributed by atoms with van der Waals surface area (Å²) in [7, 11) is 0. The highest BCUT2D eigenvalue weighted by atomic mass is 16.3. The van der Waals surface area contributed by atoms with Crippen molar-refractivity contribution in [3.05, 3.63) is 35.5 Å². The SMILES string of the molecule is Cc1cc(O)ccc1NC(=O)/C(C#N)=C\NCCCNC=O. The highest BCUT2D eigenvalue weighted by molar-refractivity contribution is 6.06. The Balaban J connectivity index is 2.57. The molecule has 1 aromatic rings. The fourth-order valence-electron chi connectivity index (χ4n) is 1.65. The Morgan fingerprint density at radius 2 is 2.09 bits per heavy atom. The maximum absolute atomic E-state index is 12.0. The molecule has 7 nitrogen and oxygen atoms in total. The number of rotatable bonds is 8. The first-order valence-electron chi connectivity index (χ1n) is 6.70. The quantitative estimate of drug-likeness (QED) is 0.186. The lowest BCUT2D eigenvalue weighted by atomic mass is 10.2. The lowest BCUT2D eigenvalue weighted by molar-refractivity contribution is -0.112. The van der Waals surface area contributed by atoms with E-state index in [0.717, 1.165) is 0 Å². The fraction of sp³-hybridized carbons (Fsp3) is 0.267. The van der Waals surface area contributed by atoms with Crippen LogP contribution >= 0.6 is 0 Å². The number of anilines is 1. The van der Waals surface area contributed by atoms with E-state index in [1.165, 1.54) is 18.3 Å². The lowest BCUT2D eigenvalue weighted by Crippen LogP contribution is -2.20. The normalized spacial score (nSPS) is 10.5. The van der Waals surface area contributed by atoms with Crippen LogP contribution in [0, 0.1) is 18.3 Å². The van der Waals surface area contributed by atoms with Gasteiger partial charge in [-0.1, -0.05) is 0 Å². The van der Waals surface area contributed by atoms with Gasteiger partial charge in [-0.15, -0.1) is 0 Å². The molecule has 1 aromatic carbocycles. The van der Waals surface area contributed by atoms with Crippen LogP contribution in [0.15, 0.2) is 30.0 Å². The second-order valence-corrected chi connectivity index (χ2v) is 4.50. The number of phenolic OH excluding ortho intramolecular Hbond substituents is 1. The summed E-state index contributed by atoms with van der Waals surface area (Å²) < 4.78 is 0. The van der Waals surface area contributed by atoms with Gasteiger partial charge in [0.25, 0.3) is 5.91 Å². The molecule has 0 heterocycles. The van der Waals surface area contributed by atoms with Crippen molar-refractivity contribution in [2.75, 3.05) is 18.4 Å². The molecule has 0 spiro atoms. The summed E-state index contributed by atoms with van der Waals surface area (Å²) in [4.78, 5) is 22.0. The molecule has 4 N–H and O–H groups in total. The Hall–Kier alpha value is -3.01. The molecule has 2 amide bonds. The Bertz CT molecular complexity index is 605. The number of nitrogens with zero attached hydrogens (tertiary/aromatic N) is 1. The molecule has 0 aromatic heterocycles. The average Bonchev–Trinajstić information content (AvgIpc) is 2.49. The fourth-order valence-corrected chi connectivity index (χ4v) is 1.65. The van der Waals surface area contributed by atoms with E-state index in [2.05, 4.69) is 16.0 Å². The number of hydrogen-bond donors (Lipinski definition) is 4. The first kappa shape index (κ1) is 17.0. The molecule has 22 heavy (non-hydrogen) atoms. The van der Waals surface area contributed by atoms with E-state index >= 15 is 0 Å². The first-order chi connectivity index (χ1) is 10.6. The third kappa shape index (κ3) is 5.54. The molecule has 0 saturated heterocycles. The molecule has 0 aliphatic rings. The van der Waals surface area contributed by atoms with Crippen molar-refractivity contribution < 1.29 is 14.7 Å². The minimum absolute atomic E-state index is 0.0594. The number of aryl methyl sites for hydroxylation is 1. The van der Waals surface area contributed by atoms with Gasteiger partial charge in [-0.3, -0.25) is 9.59 Å². The van der Waals surface area contributed by atoms with Gasteiger partial charge in [-0.05, 0) is 37.1 Å². The number of hydrogen-bond acceptors (Lipinski definition) is 5. The predicted molar refractivity (Wildman–Crippen MR) is 81.9 cm³/mol. The maximum atomic E-state index is 12.0. The number of carbonyl (C=O) groups is 2. The van der Waals surface area contributed by atoms with Gasteiger partial charge in [0.15, 0.2) is 0 Å². The van der Waals surface area contributed by atoms with E-state index in [1.807, 2.05) is 6.07 Å². The van der Waals surface area contributed by atoms with Crippen LogP contribution in [0.4, 0.5) is 5.69 Å². The van der Waals surface area contributed by atoms with Crippen molar-refractivity contribution >= 4 is 18.0 Å². The maximum Gasteiger partial charge on any atom is 0.267 e. The van der Waals surface area contributed by atoms with Crippen LogP contribution in [-0.4, -0.2) is 30.5 Å². The van der Waals surface area contributed by atoms with Gasteiger partial charge in [0.1, 0.15) is 17.4 Å². The molecule has 0 saturated carbocycles. The molecule has 0 bridgehead atoms. The van der Waals surface area contributed by atoms with E-state index in [9.17, 15) is 14.7 Å². The van der Waals surface area contributed by atoms with Gasteiger partial charge >= 0.3 is 0 Å². The summed E-state index contributed by atoms with van der Waals surface area (Å²) in [6.45, 7) is 2.78. The summed E-state index contributed by atoms with van der Waals surface area (Å²) in [5.74, 6) is -0.424. The van der Waals surface area contributed by atoms with Crippen molar-refractivity contribution in [3.63, 3.8) is 0 Å². The van der Waals surface area contributed by atoms with Crippen LogP contribution in [-0.2, 0) is 9.59 Å². The Morgan fingerprint density at radius 1 is 1.36 bits per heavy atom. The number of aromatic hydroxyl groups is 1. The van der Waals surface area contributed by atoms with Crippen LogP contribution in [0.1, 0.15) is 12.0 Å². The molecule has 116 valence electrons. The first-order valence-corrected chi connectivity index (χ1v) is 6.70. The molecular weight excluding hydrogens is 284 g/mol. The zero-order valence-electron chi connectivity index (χ0n) is 12.2. The van der Waals surface area contributed by atoms with Gasteiger partial charge in [0.05, 0.1) is 0 Å². The van der Waals surface area contributed by atoms with Crippen LogP contribution in [0.25, 0.3) is 0 Å². The van der Waals surface area contributed by atoms with E-state index in [-0.39, 0.29) is 11.3 Å². The van der Waals surface area contributed by atoms with Gasteiger partial charge in [-0.25, -0.2) is 0 Å².